The molecule has 3 aromatic rings. The van der Waals surface area contributed by atoms with E-state index in [1.165, 1.54) is 16.3 Å². The molecule has 1 unspecified atom stereocenters. The van der Waals surface area contributed by atoms with Gasteiger partial charge in [0.1, 0.15) is 0 Å². The number of hydrogen-bond donors (Lipinski definition) is 0. The van der Waals surface area contributed by atoms with E-state index in [2.05, 4.69) is 79.7 Å². The Morgan fingerprint density at radius 1 is 0.810 bits per heavy atom. The minimum absolute atomic E-state index is 0.669. The molecule has 0 fully saturated rings. The van der Waals surface area contributed by atoms with Crippen LogP contribution in [0.5, 0.6) is 0 Å². The van der Waals surface area contributed by atoms with E-state index in [0.717, 1.165) is 0 Å². The summed E-state index contributed by atoms with van der Waals surface area (Å²) in [5, 5.41) is 2.82. The Kier molecular flexibility index (Phi) is 3.39. The van der Waals surface area contributed by atoms with Gasteiger partial charge in [0, 0.05) is 0 Å². The van der Waals surface area contributed by atoms with Gasteiger partial charge in [-0.2, -0.15) is 0 Å². The molecule has 0 saturated carbocycles. The molecule has 0 aliphatic heterocycles. The second kappa shape index (κ2) is 5.39. The SMILES string of the molecule is CC1=Cc2ccc3ccccc3c2[CH]1[Zr][c]1ccccc1. The fourth-order valence-electron chi connectivity index (χ4n) is 3.20. The van der Waals surface area contributed by atoms with Gasteiger partial charge in [0.25, 0.3) is 0 Å². The van der Waals surface area contributed by atoms with Gasteiger partial charge in [0.15, 0.2) is 0 Å². The van der Waals surface area contributed by atoms with E-state index in [1.54, 1.807) is 14.4 Å². The molecule has 0 spiro atoms. The van der Waals surface area contributed by atoms with Crippen LogP contribution in [0, 0.1) is 0 Å². The Labute approximate surface area is 137 Å². The van der Waals surface area contributed by atoms with Crippen molar-refractivity contribution in [1.29, 1.82) is 0 Å². The van der Waals surface area contributed by atoms with Gasteiger partial charge in [-0.15, -0.1) is 0 Å². The normalized spacial score (nSPS) is 16.6. The van der Waals surface area contributed by atoms with E-state index in [9.17, 15) is 0 Å². The number of fused-ring (bicyclic) bond motifs is 3. The van der Waals surface area contributed by atoms with Crippen LogP contribution in [0.1, 0.15) is 21.7 Å². The van der Waals surface area contributed by atoms with Crippen LogP contribution >= 0.6 is 0 Å². The predicted octanol–water partition coefficient (Wildman–Crippen LogP) is 4.71. The van der Waals surface area contributed by atoms with Crippen LogP contribution < -0.4 is 3.27 Å². The molecule has 1 atom stereocenters. The van der Waals surface area contributed by atoms with Crippen molar-refractivity contribution in [2.75, 3.05) is 0 Å². The Morgan fingerprint density at radius 3 is 2.43 bits per heavy atom. The van der Waals surface area contributed by atoms with Crippen molar-refractivity contribution in [1.82, 2.24) is 0 Å². The summed E-state index contributed by atoms with van der Waals surface area (Å²) in [5.41, 5.74) is 4.57. The van der Waals surface area contributed by atoms with Crippen molar-refractivity contribution in [2.24, 2.45) is 0 Å². The molecule has 1 heteroatoms. The summed E-state index contributed by atoms with van der Waals surface area (Å²) in [4.78, 5) is 0. The molecule has 0 amide bonds. The van der Waals surface area contributed by atoms with Crippen molar-refractivity contribution < 1.29 is 23.2 Å². The van der Waals surface area contributed by atoms with Crippen molar-refractivity contribution in [3.8, 4) is 0 Å². The van der Waals surface area contributed by atoms with E-state index in [4.69, 9.17) is 0 Å². The van der Waals surface area contributed by atoms with Crippen LogP contribution in [-0.4, -0.2) is 0 Å². The second-order valence-electron chi connectivity index (χ2n) is 5.62. The van der Waals surface area contributed by atoms with Gasteiger partial charge >= 0.3 is 137 Å². The molecule has 1 aliphatic rings. The topological polar surface area (TPSA) is 0 Å². The van der Waals surface area contributed by atoms with E-state index in [-0.39, 0.29) is 0 Å². The van der Waals surface area contributed by atoms with E-state index >= 15 is 0 Å². The van der Waals surface area contributed by atoms with Gasteiger partial charge in [-0.25, -0.2) is 0 Å². The first-order valence-electron chi connectivity index (χ1n) is 7.34. The second-order valence-corrected chi connectivity index (χ2v) is 9.17. The summed E-state index contributed by atoms with van der Waals surface area (Å²) < 4.78 is 2.26. The van der Waals surface area contributed by atoms with Gasteiger partial charge in [-0.05, 0) is 0 Å². The molecule has 4 rings (SSSR count). The molecule has 0 N–H and O–H groups in total. The predicted molar refractivity (Wildman–Crippen MR) is 86.4 cm³/mol. The molecule has 1 aliphatic carbocycles. The van der Waals surface area contributed by atoms with Crippen molar-refractivity contribution in [3.63, 3.8) is 0 Å². The van der Waals surface area contributed by atoms with Gasteiger partial charge in [-0.1, -0.05) is 0 Å². The third kappa shape index (κ3) is 2.34. The Hall–Kier alpha value is -1.46. The zero-order chi connectivity index (χ0) is 14.2. The van der Waals surface area contributed by atoms with Crippen LogP contribution in [0.25, 0.3) is 16.8 Å². The van der Waals surface area contributed by atoms with Gasteiger partial charge in [0.2, 0.25) is 0 Å². The molecule has 0 saturated heterocycles. The summed E-state index contributed by atoms with van der Waals surface area (Å²) in [6.45, 7) is 2.31. The molecule has 100 valence electrons. The molecule has 0 bridgehead atoms. The Morgan fingerprint density at radius 2 is 1.57 bits per heavy atom. The van der Waals surface area contributed by atoms with E-state index in [0.29, 0.717) is 3.63 Å². The fourth-order valence-corrected chi connectivity index (χ4v) is 6.88. The standard InChI is InChI=1S/C14H11.C6H5.Zr/c1-10-8-12-7-6-11-4-2-3-5-13(11)14(12)9-10;1-2-4-6-5-3-1;/h2-9H,1H3;1-5H;. The molecule has 0 aromatic heterocycles. The van der Waals surface area contributed by atoms with Crippen LogP contribution in [0.2, 0.25) is 0 Å². The number of rotatable bonds is 2. The van der Waals surface area contributed by atoms with Crippen molar-refractivity contribution in [2.45, 2.75) is 10.5 Å². The molecule has 0 radical (unpaired) electrons. The van der Waals surface area contributed by atoms with Crippen molar-refractivity contribution >= 4 is 20.1 Å². The monoisotopic (exact) mass is 346 g/mol. The molecule has 0 heterocycles. The number of benzene rings is 3. The maximum absolute atomic E-state index is 2.40. The average Bonchev–Trinajstić information content (AvgIpc) is 2.85. The summed E-state index contributed by atoms with van der Waals surface area (Å²) in [5.74, 6) is 0. The number of hydrogen-bond acceptors (Lipinski definition) is 0. The molecular weight excluding hydrogens is 331 g/mol. The van der Waals surface area contributed by atoms with Gasteiger partial charge < -0.3 is 0 Å². The summed E-state index contributed by atoms with van der Waals surface area (Å²) in [6, 6.07) is 24.5. The van der Waals surface area contributed by atoms with Crippen molar-refractivity contribution in [3.05, 3.63) is 83.4 Å². The minimum atomic E-state index is -0.669. The third-order valence-electron chi connectivity index (χ3n) is 4.22. The van der Waals surface area contributed by atoms with Crippen LogP contribution in [0.3, 0.4) is 0 Å². The fraction of sp³-hybridized carbons (Fsp3) is 0.100. The van der Waals surface area contributed by atoms with Gasteiger partial charge in [0.05, 0.1) is 0 Å². The zero-order valence-electron chi connectivity index (χ0n) is 12.0. The van der Waals surface area contributed by atoms with Gasteiger partial charge in [-0.3, -0.25) is 0 Å². The van der Waals surface area contributed by atoms with Crippen LogP contribution in [0.15, 0.2) is 72.3 Å². The third-order valence-corrected chi connectivity index (χ3v) is 8.39. The quantitative estimate of drug-likeness (QED) is 0.630. The molecular formula is C20H16Zr. The first kappa shape index (κ1) is 13.2. The number of allylic oxidation sites excluding steroid dienone is 1. The van der Waals surface area contributed by atoms with E-state index in [1.807, 2.05) is 0 Å². The Bertz CT molecular complexity index is 831. The molecule has 3 aromatic carbocycles. The maximum atomic E-state index is 2.40. The summed E-state index contributed by atoms with van der Waals surface area (Å²) in [6.07, 6.45) is 2.40. The van der Waals surface area contributed by atoms with Crippen LogP contribution in [0.4, 0.5) is 0 Å². The molecule has 21 heavy (non-hydrogen) atoms. The molecule has 0 nitrogen and oxygen atoms in total. The average molecular weight is 348 g/mol. The Balaban J connectivity index is 1.85. The first-order valence-corrected chi connectivity index (χ1v) is 9.99. The van der Waals surface area contributed by atoms with E-state index < -0.39 is 23.2 Å². The summed E-state index contributed by atoms with van der Waals surface area (Å²) >= 11 is -0.669. The zero-order valence-corrected chi connectivity index (χ0v) is 14.5. The first-order chi connectivity index (χ1) is 10.3. The summed E-state index contributed by atoms with van der Waals surface area (Å²) in [7, 11) is 0. The van der Waals surface area contributed by atoms with Crippen LogP contribution in [-0.2, 0) is 23.2 Å².